The molecule has 2 rings (SSSR count). The summed E-state index contributed by atoms with van der Waals surface area (Å²) in [7, 11) is 0. The van der Waals surface area contributed by atoms with Gasteiger partial charge in [0.05, 0.1) is 11.1 Å². The minimum Gasteiger partial charge on any atom is -0.325 e. The van der Waals surface area contributed by atoms with Gasteiger partial charge in [-0.3, -0.25) is 4.79 Å². The van der Waals surface area contributed by atoms with E-state index in [1.54, 1.807) is 24.3 Å². The van der Waals surface area contributed by atoms with Gasteiger partial charge in [0.15, 0.2) is 0 Å². The number of carbonyl (C=O) groups is 1. The summed E-state index contributed by atoms with van der Waals surface area (Å²) in [5.41, 5.74) is -0.0116. The first kappa shape index (κ1) is 16.2. The molecular formula is C15H20F2N2OS. The predicted octanol–water partition coefficient (Wildman–Crippen LogP) is 3.58. The van der Waals surface area contributed by atoms with E-state index >= 15 is 0 Å². The third-order valence-corrected chi connectivity index (χ3v) is 4.89. The van der Waals surface area contributed by atoms with Gasteiger partial charge in [0.1, 0.15) is 0 Å². The van der Waals surface area contributed by atoms with Crippen molar-refractivity contribution in [1.29, 1.82) is 0 Å². The Labute approximate surface area is 127 Å². The maximum atomic E-state index is 12.7. The van der Waals surface area contributed by atoms with E-state index in [1.165, 1.54) is 0 Å². The summed E-state index contributed by atoms with van der Waals surface area (Å²) in [6.07, 6.45) is 0.765. The van der Waals surface area contributed by atoms with Gasteiger partial charge in [-0.15, -0.1) is 0 Å². The molecule has 1 aromatic rings. The Hall–Kier alpha value is -1.14. The fourth-order valence-corrected chi connectivity index (χ4v) is 3.27. The Bertz CT molecular complexity index is 502. The fraction of sp³-hybridized carbons (Fsp3) is 0.533. The van der Waals surface area contributed by atoms with Crippen molar-refractivity contribution in [2.75, 3.05) is 18.4 Å². The number of rotatable bonds is 5. The summed E-state index contributed by atoms with van der Waals surface area (Å²) < 4.78 is 25.2. The number of anilines is 1. The largest absolute Gasteiger partial charge is 0.325 e. The predicted molar refractivity (Wildman–Crippen MR) is 81.7 cm³/mol. The standard InChI is InChI=1S/C15H20F2N2OS/c1-10(2)15(7-8-18-9-15)13(20)19-11-5-3-4-6-12(11)21-14(16)17/h3-6,10,14,18H,7-9H2,1-2H3,(H,19,20). The summed E-state index contributed by atoms with van der Waals surface area (Å²) in [5, 5.41) is 6.07. The van der Waals surface area contributed by atoms with E-state index in [9.17, 15) is 13.6 Å². The van der Waals surface area contributed by atoms with Crippen LogP contribution >= 0.6 is 11.8 Å². The third-order valence-electron chi connectivity index (χ3n) is 4.10. The van der Waals surface area contributed by atoms with Crippen LogP contribution in [0.25, 0.3) is 0 Å². The average Bonchev–Trinajstić information content (AvgIpc) is 2.91. The number of carbonyl (C=O) groups excluding carboxylic acids is 1. The molecule has 1 heterocycles. The Balaban J connectivity index is 2.19. The van der Waals surface area contributed by atoms with Crippen LogP contribution < -0.4 is 10.6 Å². The first-order valence-electron chi connectivity index (χ1n) is 7.02. The van der Waals surface area contributed by atoms with E-state index in [0.717, 1.165) is 13.0 Å². The number of hydrogen-bond donors (Lipinski definition) is 2. The SMILES string of the molecule is CC(C)C1(C(=O)Nc2ccccc2SC(F)F)CCNC1. The van der Waals surface area contributed by atoms with Crippen LogP contribution in [0.5, 0.6) is 0 Å². The molecule has 1 aromatic carbocycles. The van der Waals surface area contributed by atoms with Gasteiger partial charge in [-0.1, -0.05) is 37.7 Å². The maximum Gasteiger partial charge on any atom is 0.288 e. The van der Waals surface area contributed by atoms with Crippen molar-refractivity contribution < 1.29 is 13.6 Å². The highest BCUT2D eigenvalue weighted by Crippen LogP contribution is 2.37. The Kier molecular flexibility index (Phi) is 5.22. The highest BCUT2D eigenvalue weighted by Gasteiger charge is 2.44. The number of nitrogens with one attached hydrogen (secondary N) is 2. The number of hydrogen-bond acceptors (Lipinski definition) is 3. The first-order chi connectivity index (χ1) is 9.95. The van der Waals surface area contributed by atoms with Crippen molar-refractivity contribution in [1.82, 2.24) is 5.32 Å². The highest BCUT2D eigenvalue weighted by atomic mass is 32.2. The molecule has 1 saturated heterocycles. The summed E-state index contributed by atoms with van der Waals surface area (Å²) in [6, 6.07) is 6.69. The molecule has 1 amide bonds. The lowest BCUT2D eigenvalue weighted by Crippen LogP contribution is -2.42. The molecule has 0 saturated carbocycles. The fourth-order valence-electron chi connectivity index (χ4n) is 2.68. The van der Waals surface area contributed by atoms with Gasteiger partial charge >= 0.3 is 0 Å². The molecule has 0 bridgehead atoms. The normalized spacial score (nSPS) is 22.0. The maximum absolute atomic E-state index is 12.7. The van der Waals surface area contributed by atoms with Crippen molar-refractivity contribution in [3.05, 3.63) is 24.3 Å². The van der Waals surface area contributed by atoms with Crippen molar-refractivity contribution in [3.8, 4) is 0 Å². The van der Waals surface area contributed by atoms with Gasteiger partial charge in [-0.05, 0) is 31.0 Å². The van der Waals surface area contributed by atoms with Gasteiger partial charge in [0, 0.05) is 11.4 Å². The second-order valence-electron chi connectivity index (χ2n) is 5.57. The van der Waals surface area contributed by atoms with E-state index in [-0.39, 0.29) is 11.8 Å². The van der Waals surface area contributed by atoms with Gasteiger partial charge < -0.3 is 10.6 Å². The Morgan fingerprint density at radius 2 is 2.10 bits per heavy atom. The second kappa shape index (κ2) is 6.75. The van der Waals surface area contributed by atoms with Crippen molar-refractivity contribution in [2.24, 2.45) is 11.3 Å². The van der Waals surface area contributed by atoms with E-state index in [1.807, 2.05) is 13.8 Å². The Morgan fingerprint density at radius 1 is 1.38 bits per heavy atom. The van der Waals surface area contributed by atoms with E-state index < -0.39 is 11.2 Å². The summed E-state index contributed by atoms with van der Waals surface area (Å²) in [5.74, 6) is -2.41. The minimum absolute atomic E-state index is 0.0928. The zero-order chi connectivity index (χ0) is 15.5. The van der Waals surface area contributed by atoms with Gasteiger partial charge in [0.25, 0.3) is 5.76 Å². The zero-order valence-electron chi connectivity index (χ0n) is 12.2. The molecule has 0 radical (unpaired) electrons. The lowest BCUT2D eigenvalue weighted by molar-refractivity contribution is -0.126. The lowest BCUT2D eigenvalue weighted by Gasteiger charge is -2.31. The topological polar surface area (TPSA) is 41.1 Å². The molecule has 1 aliphatic rings. The van der Waals surface area contributed by atoms with Crippen molar-refractivity contribution in [3.63, 3.8) is 0 Å². The van der Waals surface area contributed by atoms with Crippen LogP contribution in [0.2, 0.25) is 0 Å². The molecule has 2 N–H and O–H groups in total. The van der Waals surface area contributed by atoms with Crippen LogP contribution in [0.15, 0.2) is 29.2 Å². The smallest absolute Gasteiger partial charge is 0.288 e. The van der Waals surface area contributed by atoms with Crippen molar-refractivity contribution >= 4 is 23.4 Å². The molecule has 21 heavy (non-hydrogen) atoms. The van der Waals surface area contributed by atoms with Gasteiger partial charge in [-0.2, -0.15) is 8.78 Å². The quantitative estimate of drug-likeness (QED) is 0.816. The summed E-state index contributed by atoms with van der Waals surface area (Å²) in [6.45, 7) is 5.47. The lowest BCUT2D eigenvalue weighted by atomic mass is 9.75. The van der Waals surface area contributed by atoms with E-state index in [4.69, 9.17) is 0 Å². The summed E-state index contributed by atoms with van der Waals surface area (Å²) in [4.78, 5) is 13.1. The van der Waals surface area contributed by atoms with Gasteiger partial charge in [0.2, 0.25) is 5.91 Å². The van der Waals surface area contributed by atoms with E-state index in [0.29, 0.717) is 28.9 Å². The molecule has 0 aliphatic carbocycles. The average molecular weight is 314 g/mol. The van der Waals surface area contributed by atoms with Gasteiger partial charge in [-0.25, -0.2) is 0 Å². The molecule has 1 fully saturated rings. The third kappa shape index (κ3) is 3.55. The number of para-hydroxylation sites is 1. The monoisotopic (exact) mass is 314 g/mol. The van der Waals surface area contributed by atoms with Crippen LogP contribution in [-0.4, -0.2) is 24.8 Å². The molecular weight excluding hydrogens is 294 g/mol. The van der Waals surface area contributed by atoms with Crippen LogP contribution in [-0.2, 0) is 4.79 Å². The second-order valence-corrected chi connectivity index (χ2v) is 6.60. The summed E-state index contributed by atoms with van der Waals surface area (Å²) >= 11 is 0.453. The molecule has 1 atom stereocenters. The first-order valence-corrected chi connectivity index (χ1v) is 7.89. The van der Waals surface area contributed by atoms with Crippen LogP contribution in [0, 0.1) is 11.3 Å². The van der Waals surface area contributed by atoms with Crippen LogP contribution in [0.3, 0.4) is 0 Å². The number of benzene rings is 1. The molecule has 1 unspecified atom stereocenters. The molecule has 0 aromatic heterocycles. The molecule has 1 aliphatic heterocycles. The molecule has 116 valence electrons. The molecule has 6 heteroatoms. The molecule has 0 spiro atoms. The molecule has 3 nitrogen and oxygen atoms in total. The van der Waals surface area contributed by atoms with Crippen LogP contribution in [0.4, 0.5) is 14.5 Å². The number of amides is 1. The highest BCUT2D eigenvalue weighted by molar-refractivity contribution is 7.99. The minimum atomic E-state index is -2.50. The van der Waals surface area contributed by atoms with Crippen LogP contribution in [0.1, 0.15) is 20.3 Å². The van der Waals surface area contributed by atoms with E-state index in [2.05, 4.69) is 10.6 Å². The number of thioether (sulfide) groups is 1. The Morgan fingerprint density at radius 3 is 2.67 bits per heavy atom. The number of halogens is 2. The van der Waals surface area contributed by atoms with Crippen molar-refractivity contribution in [2.45, 2.75) is 30.9 Å². The number of alkyl halides is 2. The zero-order valence-corrected chi connectivity index (χ0v) is 13.0.